The van der Waals surface area contributed by atoms with Gasteiger partial charge in [-0.3, -0.25) is 9.59 Å². The number of carbonyl (C=O) groups is 1. The molecule has 0 bridgehead atoms. The largest absolute Gasteiger partial charge is 0.388 e. The van der Waals surface area contributed by atoms with Crippen LogP contribution in [0.15, 0.2) is 41.2 Å². The molecule has 0 radical (unpaired) electrons. The van der Waals surface area contributed by atoms with Crippen LogP contribution in [-0.2, 0) is 0 Å². The second kappa shape index (κ2) is 7.23. The number of pyridine rings is 1. The molecule has 132 valence electrons. The van der Waals surface area contributed by atoms with Gasteiger partial charge in [0.2, 0.25) is 0 Å². The van der Waals surface area contributed by atoms with Crippen LogP contribution in [0.1, 0.15) is 52.5 Å². The number of H-pyrrole nitrogens is 1. The summed E-state index contributed by atoms with van der Waals surface area (Å²) in [5.74, 6) is -0.235. The number of rotatable bonds is 4. The summed E-state index contributed by atoms with van der Waals surface area (Å²) in [7, 11) is 0. The third-order valence-corrected chi connectivity index (χ3v) is 4.90. The molecule has 2 unspecified atom stereocenters. The number of aliphatic hydroxyl groups excluding tert-OH is 1. The molecule has 3 rings (SSSR count). The first-order valence-electron chi connectivity index (χ1n) is 8.72. The van der Waals surface area contributed by atoms with E-state index in [4.69, 9.17) is 0 Å². The molecule has 2 N–H and O–H groups in total. The molecular weight excluding hydrogens is 316 g/mol. The van der Waals surface area contributed by atoms with Gasteiger partial charge in [0.15, 0.2) is 0 Å². The zero-order valence-corrected chi connectivity index (χ0v) is 14.7. The number of hydrogen-bond donors (Lipinski definition) is 2. The lowest BCUT2D eigenvalue weighted by Crippen LogP contribution is -2.39. The van der Waals surface area contributed by atoms with Gasteiger partial charge in [-0.25, -0.2) is 0 Å². The maximum Gasteiger partial charge on any atom is 0.261 e. The number of aryl methyl sites for hydroxylation is 2. The van der Waals surface area contributed by atoms with Gasteiger partial charge < -0.3 is 15.0 Å². The van der Waals surface area contributed by atoms with Gasteiger partial charge in [-0.05, 0) is 50.3 Å². The van der Waals surface area contributed by atoms with E-state index in [9.17, 15) is 14.7 Å². The first-order valence-corrected chi connectivity index (χ1v) is 8.72. The molecule has 0 spiro atoms. The standard InChI is InChI=1S/C20H24N2O3/c1-13-11-14(2)21-19(24)18(13)20(25)22-10-6-9-16(22)12-17(23)15-7-4-3-5-8-15/h3-5,7-8,11,16-17,23H,6,9-10,12H2,1-2H3,(H,21,24). The van der Waals surface area contributed by atoms with Gasteiger partial charge in [0.25, 0.3) is 11.5 Å². The number of carbonyl (C=O) groups excluding carboxylic acids is 1. The third kappa shape index (κ3) is 3.66. The van der Waals surface area contributed by atoms with E-state index in [0.717, 1.165) is 24.1 Å². The molecule has 2 atom stereocenters. The van der Waals surface area contributed by atoms with Crippen LogP contribution in [0.4, 0.5) is 0 Å². The van der Waals surface area contributed by atoms with Crippen LogP contribution in [0.5, 0.6) is 0 Å². The van der Waals surface area contributed by atoms with Crippen molar-refractivity contribution in [1.29, 1.82) is 0 Å². The summed E-state index contributed by atoms with van der Waals surface area (Å²) in [5.41, 5.74) is 2.17. The number of likely N-dealkylation sites (tertiary alicyclic amines) is 1. The summed E-state index contributed by atoms with van der Waals surface area (Å²) in [6.07, 6.45) is 1.61. The van der Waals surface area contributed by atoms with Gasteiger partial charge >= 0.3 is 0 Å². The average Bonchev–Trinajstić information content (AvgIpc) is 3.02. The lowest BCUT2D eigenvalue weighted by molar-refractivity contribution is 0.0664. The maximum absolute atomic E-state index is 13.0. The van der Waals surface area contributed by atoms with Crippen molar-refractivity contribution in [2.45, 2.75) is 45.3 Å². The van der Waals surface area contributed by atoms with Crippen molar-refractivity contribution < 1.29 is 9.90 Å². The number of aliphatic hydroxyl groups is 1. The van der Waals surface area contributed by atoms with Crippen molar-refractivity contribution in [2.75, 3.05) is 6.54 Å². The van der Waals surface area contributed by atoms with Crippen molar-refractivity contribution in [2.24, 2.45) is 0 Å². The van der Waals surface area contributed by atoms with E-state index in [1.165, 1.54) is 0 Å². The van der Waals surface area contributed by atoms with Crippen LogP contribution >= 0.6 is 0 Å². The molecule has 1 aliphatic heterocycles. The lowest BCUT2D eigenvalue weighted by atomic mass is 10.00. The zero-order chi connectivity index (χ0) is 18.0. The summed E-state index contributed by atoms with van der Waals surface area (Å²) in [6.45, 7) is 4.22. The Hall–Kier alpha value is -2.40. The Morgan fingerprint density at radius 2 is 2.04 bits per heavy atom. The van der Waals surface area contributed by atoms with E-state index in [1.54, 1.807) is 18.7 Å². The fourth-order valence-corrected chi connectivity index (χ4v) is 3.68. The quantitative estimate of drug-likeness (QED) is 0.899. The van der Waals surface area contributed by atoms with Gasteiger partial charge in [0.1, 0.15) is 5.56 Å². The van der Waals surface area contributed by atoms with E-state index in [0.29, 0.717) is 18.5 Å². The van der Waals surface area contributed by atoms with Crippen LogP contribution in [0.2, 0.25) is 0 Å². The molecule has 1 aromatic heterocycles. The van der Waals surface area contributed by atoms with Crippen LogP contribution in [0.3, 0.4) is 0 Å². The highest BCUT2D eigenvalue weighted by Gasteiger charge is 2.33. The maximum atomic E-state index is 13.0. The predicted octanol–water partition coefficient (Wildman–Crippen LogP) is 2.72. The molecule has 0 saturated carbocycles. The van der Waals surface area contributed by atoms with Crippen molar-refractivity contribution in [3.8, 4) is 0 Å². The van der Waals surface area contributed by atoms with E-state index in [2.05, 4.69) is 4.98 Å². The molecule has 1 fully saturated rings. The molecule has 0 aliphatic carbocycles. The lowest BCUT2D eigenvalue weighted by Gasteiger charge is -2.27. The summed E-state index contributed by atoms with van der Waals surface area (Å²) < 4.78 is 0. The van der Waals surface area contributed by atoms with Gasteiger partial charge in [0.05, 0.1) is 6.10 Å². The highest BCUT2D eigenvalue weighted by molar-refractivity contribution is 5.95. The minimum Gasteiger partial charge on any atom is -0.388 e. The van der Waals surface area contributed by atoms with Crippen LogP contribution in [0.25, 0.3) is 0 Å². The smallest absolute Gasteiger partial charge is 0.261 e. The first kappa shape index (κ1) is 17.4. The molecule has 25 heavy (non-hydrogen) atoms. The average molecular weight is 340 g/mol. The van der Waals surface area contributed by atoms with Gasteiger partial charge in [-0.15, -0.1) is 0 Å². The molecule has 1 aromatic carbocycles. The summed E-state index contributed by atoms with van der Waals surface area (Å²) in [4.78, 5) is 29.7. The summed E-state index contributed by atoms with van der Waals surface area (Å²) in [5, 5.41) is 10.5. The van der Waals surface area contributed by atoms with E-state index in [1.807, 2.05) is 36.4 Å². The van der Waals surface area contributed by atoms with Crippen LogP contribution in [0, 0.1) is 13.8 Å². The van der Waals surface area contributed by atoms with E-state index >= 15 is 0 Å². The Labute approximate surface area is 147 Å². The Balaban J connectivity index is 1.80. The Morgan fingerprint density at radius 1 is 1.32 bits per heavy atom. The zero-order valence-electron chi connectivity index (χ0n) is 14.7. The van der Waals surface area contributed by atoms with Crippen molar-refractivity contribution in [3.05, 3.63) is 69.1 Å². The molecule has 1 aliphatic rings. The predicted molar refractivity (Wildman–Crippen MR) is 96.6 cm³/mol. The highest BCUT2D eigenvalue weighted by atomic mass is 16.3. The van der Waals surface area contributed by atoms with Crippen molar-refractivity contribution in [3.63, 3.8) is 0 Å². The summed E-state index contributed by atoms with van der Waals surface area (Å²) in [6, 6.07) is 11.2. The molecule has 1 saturated heterocycles. The number of aromatic nitrogens is 1. The molecular formula is C20H24N2O3. The second-order valence-electron chi connectivity index (χ2n) is 6.80. The number of hydrogen-bond acceptors (Lipinski definition) is 3. The van der Waals surface area contributed by atoms with Gasteiger partial charge in [-0.1, -0.05) is 30.3 Å². The topological polar surface area (TPSA) is 73.4 Å². The fourth-order valence-electron chi connectivity index (χ4n) is 3.68. The molecule has 2 heterocycles. The van der Waals surface area contributed by atoms with E-state index in [-0.39, 0.29) is 23.1 Å². The fraction of sp³-hybridized carbons (Fsp3) is 0.400. The Kier molecular flexibility index (Phi) is 5.04. The number of nitrogens with zero attached hydrogens (tertiary/aromatic N) is 1. The van der Waals surface area contributed by atoms with Crippen LogP contribution < -0.4 is 5.56 Å². The Bertz CT molecular complexity index is 813. The summed E-state index contributed by atoms with van der Waals surface area (Å²) >= 11 is 0. The van der Waals surface area contributed by atoms with Gasteiger partial charge in [0, 0.05) is 18.3 Å². The molecule has 5 nitrogen and oxygen atoms in total. The number of benzene rings is 1. The highest BCUT2D eigenvalue weighted by Crippen LogP contribution is 2.28. The molecule has 5 heteroatoms. The SMILES string of the molecule is Cc1cc(C)c(C(=O)N2CCCC2CC(O)c2ccccc2)c(=O)[nH]1. The number of amides is 1. The molecule has 1 amide bonds. The normalized spacial score (nSPS) is 18.4. The van der Waals surface area contributed by atoms with Crippen LogP contribution in [-0.4, -0.2) is 33.5 Å². The van der Waals surface area contributed by atoms with Crippen molar-refractivity contribution >= 4 is 5.91 Å². The Morgan fingerprint density at radius 3 is 2.72 bits per heavy atom. The minimum atomic E-state index is -0.614. The van der Waals surface area contributed by atoms with Crippen molar-refractivity contribution in [1.82, 2.24) is 9.88 Å². The minimum absolute atomic E-state index is 0.0530. The monoisotopic (exact) mass is 340 g/mol. The molecule has 2 aromatic rings. The number of aromatic amines is 1. The second-order valence-corrected chi connectivity index (χ2v) is 6.80. The van der Waals surface area contributed by atoms with Gasteiger partial charge in [-0.2, -0.15) is 0 Å². The third-order valence-electron chi connectivity index (χ3n) is 4.90. The van der Waals surface area contributed by atoms with E-state index < -0.39 is 6.10 Å². The number of nitrogens with one attached hydrogen (secondary N) is 1. The first-order chi connectivity index (χ1) is 12.0.